The molecular formula is C12H13Cl2F2NO. The maximum Gasteiger partial charge on any atom is 0.257 e. The molecule has 6 heteroatoms. The van der Waals surface area contributed by atoms with Gasteiger partial charge in [-0.05, 0) is 18.6 Å². The van der Waals surface area contributed by atoms with Crippen LogP contribution in [0.15, 0.2) is 18.2 Å². The minimum atomic E-state index is -0.915. The zero-order valence-electron chi connectivity index (χ0n) is 9.77. The van der Waals surface area contributed by atoms with Crippen molar-refractivity contribution in [3.05, 3.63) is 35.4 Å². The summed E-state index contributed by atoms with van der Waals surface area (Å²) in [4.78, 5) is 11.9. The largest absolute Gasteiger partial charge is 0.344 e. The van der Waals surface area contributed by atoms with Crippen LogP contribution >= 0.6 is 23.2 Å². The Kier molecular flexibility index (Phi) is 5.35. The molecule has 0 aliphatic carbocycles. The molecule has 0 aromatic heterocycles. The molecule has 0 saturated carbocycles. The van der Waals surface area contributed by atoms with Gasteiger partial charge in [0.25, 0.3) is 5.91 Å². The van der Waals surface area contributed by atoms with E-state index in [0.717, 1.165) is 12.1 Å². The Morgan fingerprint density at radius 3 is 2.17 bits per heavy atom. The molecule has 100 valence electrons. The molecule has 0 atom stereocenters. The number of carbonyl (C=O) groups excluding carboxylic acids is 1. The lowest BCUT2D eigenvalue weighted by Gasteiger charge is -2.29. The molecule has 0 heterocycles. The number of benzene rings is 1. The Morgan fingerprint density at radius 1 is 1.28 bits per heavy atom. The molecule has 0 radical (unpaired) electrons. The molecule has 0 aliphatic heterocycles. The van der Waals surface area contributed by atoms with E-state index in [1.54, 1.807) is 6.92 Å². The SMILES string of the molecule is CCC(CCl)(CCl)NC(=O)c1c(F)cccc1F. The van der Waals surface area contributed by atoms with E-state index in [0.29, 0.717) is 6.42 Å². The van der Waals surface area contributed by atoms with E-state index in [1.165, 1.54) is 6.07 Å². The van der Waals surface area contributed by atoms with Crippen LogP contribution < -0.4 is 5.32 Å². The van der Waals surface area contributed by atoms with E-state index in [4.69, 9.17) is 23.2 Å². The highest BCUT2D eigenvalue weighted by Crippen LogP contribution is 2.18. The van der Waals surface area contributed by atoms with Crippen molar-refractivity contribution in [1.82, 2.24) is 5.32 Å². The van der Waals surface area contributed by atoms with E-state index < -0.39 is 28.6 Å². The van der Waals surface area contributed by atoms with Gasteiger partial charge in [0.2, 0.25) is 0 Å². The number of amides is 1. The normalized spacial score (nSPS) is 11.4. The average molecular weight is 296 g/mol. The van der Waals surface area contributed by atoms with Gasteiger partial charge in [-0.15, -0.1) is 23.2 Å². The van der Waals surface area contributed by atoms with Gasteiger partial charge in [-0.1, -0.05) is 13.0 Å². The van der Waals surface area contributed by atoms with Crippen molar-refractivity contribution in [1.29, 1.82) is 0 Å². The molecule has 1 aromatic carbocycles. The zero-order chi connectivity index (χ0) is 13.8. The summed E-state index contributed by atoms with van der Waals surface area (Å²) >= 11 is 11.5. The van der Waals surface area contributed by atoms with Gasteiger partial charge in [-0.3, -0.25) is 4.79 Å². The van der Waals surface area contributed by atoms with Crippen molar-refractivity contribution >= 4 is 29.1 Å². The van der Waals surface area contributed by atoms with Crippen molar-refractivity contribution in [2.75, 3.05) is 11.8 Å². The fourth-order valence-electron chi connectivity index (χ4n) is 1.40. The molecule has 0 unspecified atom stereocenters. The van der Waals surface area contributed by atoms with E-state index in [2.05, 4.69) is 5.32 Å². The van der Waals surface area contributed by atoms with Crippen LogP contribution in [-0.4, -0.2) is 23.2 Å². The molecule has 0 bridgehead atoms. The molecule has 0 saturated heterocycles. The zero-order valence-corrected chi connectivity index (χ0v) is 11.3. The highest BCUT2D eigenvalue weighted by molar-refractivity contribution is 6.22. The van der Waals surface area contributed by atoms with Gasteiger partial charge in [-0.25, -0.2) is 8.78 Å². The molecular weight excluding hydrogens is 283 g/mol. The van der Waals surface area contributed by atoms with Crippen LogP contribution in [0.2, 0.25) is 0 Å². The van der Waals surface area contributed by atoms with Crippen molar-refractivity contribution in [3.63, 3.8) is 0 Å². The van der Waals surface area contributed by atoms with Crippen LogP contribution in [0.1, 0.15) is 23.7 Å². The van der Waals surface area contributed by atoms with Crippen molar-refractivity contribution in [3.8, 4) is 0 Å². The first kappa shape index (κ1) is 15.2. The lowest BCUT2D eigenvalue weighted by molar-refractivity contribution is 0.0905. The van der Waals surface area contributed by atoms with E-state index in [1.807, 2.05) is 0 Å². The standard InChI is InChI=1S/C12H13Cl2F2NO/c1-2-12(6-13,7-14)17-11(18)10-8(15)4-3-5-9(10)16/h3-5H,2,6-7H2,1H3,(H,17,18). The molecule has 2 nitrogen and oxygen atoms in total. The van der Waals surface area contributed by atoms with Crippen LogP contribution in [0.3, 0.4) is 0 Å². The molecule has 1 amide bonds. The average Bonchev–Trinajstić information content (AvgIpc) is 2.36. The van der Waals surface area contributed by atoms with Gasteiger partial charge >= 0.3 is 0 Å². The number of hydrogen-bond acceptors (Lipinski definition) is 1. The van der Waals surface area contributed by atoms with Gasteiger partial charge in [0.15, 0.2) is 0 Å². The van der Waals surface area contributed by atoms with Crippen molar-refractivity contribution in [2.24, 2.45) is 0 Å². The number of carbonyl (C=O) groups is 1. The Morgan fingerprint density at radius 2 is 1.78 bits per heavy atom. The van der Waals surface area contributed by atoms with Crippen LogP contribution in [0.4, 0.5) is 8.78 Å². The van der Waals surface area contributed by atoms with Crippen molar-refractivity contribution in [2.45, 2.75) is 18.9 Å². The predicted octanol–water partition coefficient (Wildman–Crippen LogP) is 3.32. The summed E-state index contributed by atoms with van der Waals surface area (Å²) in [5.74, 6) is -2.55. The van der Waals surface area contributed by atoms with Crippen LogP contribution in [0.5, 0.6) is 0 Å². The lowest BCUT2D eigenvalue weighted by Crippen LogP contribution is -2.51. The Hall–Kier alpha value is -0.870. The maximum atomic E-state index is 13.4. The first-order valence-corrected chi connectivity index (χ1v) is 6.45. The van der Waals surface area contributed by atoms with E-state index >= 15 is 0 Å². The smallest absolute Gasteiger partial charge is 0.257 e. The highest BCUT2D eigenvalue weighted by atomic mass is 35.5. The minimum absolute atomic E-state index is 0.0643. The summed E-state index contributed by atoms with van der Waals surface area (Å²) in [7, 11) is 0. The van der Waals surface area contributed by atoms with Crippen molar-refractivity contribution < 1.29 is 13.6 Å². The van der Waals surface area contributed by atoms with Crippen LogP contribution in [-0.2, 0) is 0 Å². The summed E-state index contributed by atoms with van der Waals surface area (Å²) in [6.07, 6.45) is 0.460. The van der Waals surface area contributed by atoms with Crippen LogP contribution in [0.25, 0.3) is 0 Å². The second-order valence-corrected chi connectivity index (χ2v) is 4.49. The summed E-state index contributed by atoms with van der Waals surface area (Å²) in [5.41, 5.74) is -1.49. The monoisotopic (exact) mass is 295 g/mol. The second kappa shape index (κ2) is 6.34. The summed E-state index contributed by atoms with van der Waals surface area (Å²) in [6.45, 7) is 1.78. The first-order valence-electron chi connectivity index (χ1n) is 5.38. The molecule has 0 aliphatic rings. The quantitative estimate of drug-likeness (QED) is 0.830. The van der Waals surface area contributed by atoms with Gasteiger partial charge < -0.3 is 5.32 Å². The maximum absolute atomic E-state index is 13.4. The van der Waals surface area contributed by atoms with E-state index in [-0.39, 0.29) is 11.8 Å². The molecule has 0 spiro atoms. The number of nitrogens with one attached hydrogen (secondary N) is 1. The Labute approximate surface area is 114 Å². The lowest BCUT2D eigenvalue weighted by atomic mass is 10.0. The number of hydrogen-bond donors (Lipinski definition) is 1. The third-order valence-corrected chi connectivity index (χ3v) is 3.78. The fourth-order valence-corrected chi connectivity index (χ4v) is 2.20. The summed E-state index contributed by atoms with van der Waals surface area (Å²) in [6, 6.07) is 3.23. The van der Waals surface area contributed by atoms with Gasteiger partial charge in [0.1, 0.15) is 17.2 Å². The highest BCUT2D eigenvalue weighted by Gasteiger charge is 2.30. The van der Waals surface area contributed by atoms with Crippen LogP contribution in [0, 0.1) is 11.6 Å². The van der Waals surface area contributed by atoms with Gasteiger partial charge in [0.05, 0.1) is 5.54 Å². The second-order valence-electron chi connectivity index (χ2n) is 3.95. The third kappa shape index (κ3) is 3.12. The molecule has 18 heavy (non-hydrogen) atoms. The fraction of sp³-hybridized carbons (Fsp3) is 0.417. The number of alkyl halides is 2. The van der Waals surface area contributed by atoms with Gasteiger partial charge in [0, 0.05) is 11.8 Å². The number of rotatable bonds is 5. The molecule has 1 aromatic rings. The first-order chi connectivity index (χ1) is 8.49. The number of halogens is 4. The Bertz CT molecular complexity index is 408. The topological polar surface area (TPSA) is 29.1 Å². The molecule has 0 fully saturated rings. The predicted molar refractivity (Wildman–Crippen MR) is 68.3 cm³/mol. The summed E-state index contributed by atoms with van der Waals surface area (Å²) < 4.78 is 26.8. The Balaban J connectivity index is 3.02. The third-order valence-electron chi connectivity index (χ3n) is 2.76. The van der Waals surface area contributed by atoms with Gasteiger partial charge in [-0.2, -0.15) is 0 Å². The molecule has 1 rings (SSSR count). The summed E-state index contributed by atoms with van der Waals surface area (Å²) in [5, 5.41) is 2.49. The molecule has 1 N–H and O–H groups in total. The minimum Gasteiger partial charge on any atom is -0.344 e. The van der Waals surface area contributed by atoms with E-state index in [9.17, 15) is 13.6 Å².